The molecule has 0 spiro atoms. The Bertz CT molecular complexity index is 1300. The van der Waals surface area contributed by atoms with Gasteiger partial charge < -0.3 is 20.8 Å². The van der Waals surface area contributed by atoms with E-state index in [0.717, 1.165) is 0 Å². The van der Waals surface area contributed by atoms with Crippen molar-refractivity contribution in [3.05, 3.63) is 110 Å². The van der Waals surface area contributed by atoms with Crippen LogP contribution in [0, 0.1) is 16.2 Å². The summed E-state index contributed by atoms with van der Waals surface area (Å²) in [6, 6.07) is 10.9. The van der Waals surface area contributed by atoms with Gasteiger partial charge in [0.2, 0.25) is 5.71 Å². The minimum absolute atomic E-state index is 0.0455. The van der Waals surface area contributed by atoms with E-state index >= 15 is 0 Å². The third kappa shape index (κ3) is 3.72. The fraction of sp³-hybridized carbons (Fsp3) is 0. The van der Waals surface area contributed by atoms with E-state index in [9.17, 15) is 24.7 Å². The highest BCUT2D eigenvalue weighted by atomic mass is 32.2. The Morgan fingerprint density at radius 3 is 2.63 bits per heavy atom. The van der Waals surface area contributed by atoms with Gasteiger partial charge in [-0.1, -0.05) is 48.2 Å². The summed E-state index contributed by atoms with van der Waals surface area (Å²) in [5.74, 6) is -1.54. The van der Waals surface area contributed by atoms with Crippen LogP contribution in [0.1, 0.15) is 15.9 Å². The van der Waals surface area contributed by atoms with Crippen LogP contribution in [0.25, 0.3) is 16.3 Å². The highest BCUT2D eigenvalue weighted by Crippen LogP contribution is 2.30. The van der Waals surface area contributed by atoms with Crippen LogP contribution in [-0.2, 0) is 0 Å². The Labute approximate surface area is 174 Å². The van der Waals surface area contributed by atoms with Gasteiger partial charge in [0, 0.05) is 27.5 Å². The van der Waals surface area contributed by atoms with Gasteiger partial charge in [0.05, 0.1) is 21.9 Å². The molecule has 6 nitrogen and oxygen atoms in total. The first-order valence-corrected chi connectivity index (χ1v) is 9.70. The lowest BCUT2D eigenvalue weighted by molar-refractivity contribution is -0.376. The first kappa shape index (κ1) is 19.5. The van der Waals surface area contributed by atoms with Crippen LogP contribution < -0.4 is 15.8 Å². The molecule has 0 amide bonds. The zero-order valence-electron chi connectivity index (χ0n) is 15.3. The van der Waals surface area contributed by atoms with Crippen LogP contribution in [0.3, 0.4) is 0 Å². The third-order valence-corrected chi connectivity index (χ3v) is 5.51. The van der Waals surface area contributed by atoms with Crippen LogP contribution in [-0.4, -0.2) is 21.7 Å². The van der Waals surface area contributed by atoms with Gasteiger partial charge >= 0.3 is 5.97 Å². The average molecular weight is 421 g/mol. The van der Waals surface area contributed by atoms with Gasteiger partial charge in [-0.25, -0.2) is 9.18 Å². The molecule has 0 atom stereocenters. The molecular weight excluding hydrogens is 407 g/mol. The van der Waals surface area contributed by atoms with Crippen LogP contribution in [0.2, 0.25) is 0 Å². The minimum Gasteiger partial charge on any atom is -0.612 e. The molecule has 150 valence electrons. The molecule has 1 aliphatic carbocycles. The molecule has 30 heavy (non-hydrogen) atoms. The molecule has 0 bridgehead atoms. The Morgan fingerprint density at radius 2 is 1.90 bits per heavy atom. The van der Waals surface area contributed by atoms with Crippen molar-refractivity contribution in [2.24, 2.45) is 0 Å². The molecule has 1 heterocycles. The van der Waals surface area contributed by atoms with E-state index in [1.54, 1.807) is 30.3 Å². The van der Waals surface area contributed by atoms with Crippen molar-refractivity contribution >= 4 is 39.7 Å². The molecule has 0 radical (unpaired) electrons. The Kier molecular flexibility index (Phi) is 5.16. The van der Waals surface area contributed by atoms with Gasteiger partial charge in [-0.2, -0.15) is 4.90 Å². The van der Waals surface area contributed by atoms with E-state index in [-0.39, 0.29) is 27.9 Å². The normalized spacial score (nSPS) is 18.8. The predicted octanol–water partition coefficient (Wildman–Crippen LogP) is 2.65. The maximum Gasteiger partial charge on any atom is 0.336 e. The van der Waals surface area contributed by atoms with Gasteiger partial charge in [-0.05, 0) is 24.3 Å². The molecule has 0 fully saturated rings. The summed E-state index contributed by atoms with van der Waals surface area (Å²) in [5.41, 5.74) is 1.41. The molecule has 1 aliphatic heterocycles. The topological polar surface area (TPSA) is 98.5 Å². The Balaban J connectivity index is 1.82. The number of carboxylic acid groups (broad SMARTS) is 1. The fourth-order valence-corrected chi connectivity index (χ4v) is 4.06. The summed E-state index contributed by atoms with van der Waals surface area (Å²) in [4.78, 5) is 11.4. The lowest BCUT2D eigenvalue weighted by Gasteiger charge is -2.12. The number of nitrogens with one attached hydrogen (secondary N) is 1. The number of benzene rings is 2. The van der Waals surface area contributed by atoms with Crippen molar-refractivity contribution in [1.29, 1.82) is 0 Å². The largest absolute Gasteiger partial charge is 0.612 e. The second kappa shape index (κ2) is 7.92. The van der Waals surface area contributed by atoms with Crippen LogP contribution >= 0.6 is 11.8 Å². The molecule has 4 rings (SSSR count). The molecule has 2 aromatic rings. The number of aromatic carboxylic acids is 1. The highest BCUT2D eigenvalue weighted by Gasteiger charge is 2.18. The molecule has 0 saturated heterocycles. The first-order chi connectivity index (χ1) is 14.4. The van der Waals surface area contributed by atoms with Crippen molar-refractivity contribution in [1.82, 2.24) is 5.32 Å². The Hall–Kier alpha value is -3.78. The summed E-state index contributed by atoms with van der Waals surface area (Å²) in [5, 5.41) is 39.0. The van der Waals surface area contributed by atoms with Gasteiger partial charge in [-0.3, -0.25) is 0 Å². The number of hydrogen-bond donors (Lipinski definition) is 2. The standard InChI is InChI=1S/C22H14FN2O4S/c23-15-5-3-4-13(10-15)19-12-30-21(24-19)14-8-9-16(18(11-14)22(26)27)17-6-1-2-7-20(17)25(28)29/h1-12,24H,(H-,26,27,28,29)/q-1. The monoisotopic (exact) mass is 421 g/mol. The SMILES string of the molecule is O=C(O)c1cc(=C2NC(c3cccc(F)c3)=CS2)ccc1=C1C=CC=CC1=[N+]([O-])[O-]. The highest BCUT2D eigenvalue weighted by molar-refractivity contribution is 8.11. The number of allylic oxidation sites excluding steroid dienone is 4. The summed E-state index contributed by atoms with van der Waals surface area (Å²) in [6.07, 6.45) is 6.03. The summed E-state index contributed by atoms with van der Waals surface area (Å²) >= 11 is 1.35. The summed E-state index contributed by atoms with van der Waals surface area (Å²) in [7, 11) is 0. The molecule has 0 unspecified atom stereocenters. The minimum atomic E-state index is -1.19. The molecular formula is C22H14FN2O4S-. The average Bonchev–Trinajstić information content (AvgIpc) is 3.23. The van der Waals surface area contributed by atoms with E-state index in [0.29, 0.717) is 21.5 Å². The van der Waals surface area contributed by atoms with E-state index in [1.165, 1.54) is 48.2 Å². The van der Waals surface area contributed by atoms with Crippen LogP contribution in [0.4, 0.5) is 4.39 Å². The number of rotatable bonds is 2. The number of carboxylic acids is 1. The van der Waals surface area contributed by atoms with E-state index in [4.69, 9.17) is 0 Å². The molecule has 2 aromatic carbocycles. The number of nitrogens with zero attached hydrogens (tertiary/aromatic N) is 1. The number of halogens is 1. The maximum absolute atomic E-state index is 13.5. The second-order valence-electron chi connectivity index (χ2n) is 6.45. The fourth-order valence-electron chi connectivity index (χ4n) is 3.19. The maximum atomic E-state index is 13.5. The predicted molar refractivity (Wildman–Crippen MR) is 115 cm³/mol. The smallest absolute Gasteiger partial charge is 0.336 e. The van der Waals surface area contributed by atoms with Crippen molar-refractivity contribution in [2.75, 3.05) is 0 Å². The number of thioether (sulfide) groups is 1. The lowest BCUT2D eigenvalue weighted by atomic mass is 9.99. The quantitative estimate of drug-likeness (QED) is 0.572. The zero-order valence-corrected chi connectivity index (χ0v) is 16.2. The lowest BCUT2D eigenvalue weighted by Crippen LogP contribution is -2.27. The molecule has 8 heteroatoms. The van der Waals surface area contributed by atoms with Crippen molar-refractivity contribution in [2.45, 2.75) is 0 Å². The molecule has 0 saturated carbocycles. The van der Waals surface area contributed by atoms with Gasteiger partial charge in [0.25, 0.3) is 0 Å². The van der Waals surface area contributed by atoms with Crippen molar-refractivity contribution < 1.29 is 19.2 Å². The van der Waals surface area contributed by atoms with Gasteiger partial charge in [0.15, 0.2) is 0 Å². The third-order valence-electron chi connectivity index (χ3n) is 4.58. The van der Waals surface area contributed by atoms with E-state index < -0.39 is 10.9 Å². The van der Waals surface area contributed by atoms with Crippen molar-refractivity contribution in [3.8, 4) is 0 Å². The molecule has 2 aliphatic rings. The van der Waals surface area contributed by atoms with Gasteiger partial charge in [0.1, 0.15) is 5.82 Å². The Morgan fingerprint density at radius 1 is 1.10 bits per heavy atom. The second-order valence-corrected chi connectivity index (χ2v) is 7.33. The summed E-state index contributed by atoms with van der Waals surface area (Å²) in [6.45, 7) is 0. The van der Waals surface area contributed by atoms with Crippen LogP contribution in [0.15, 0.2) is 72.2 Å². The van der Waals surface area contributed by atoms with Crippen LogP contribution in [0.5, 0.6) is 0 Å². The van der Waals surface area contributed by atoms with E-state index in [2.05, 4.69) is 5.32 Å². The number of hydrogen-bond acceptors (Lipinski definition) is 5. The molecule has 0 aromatic heterocycles. The van der Waals surface area contributed by atoms with E-state index in [1.807, 2.05) is 5.41 Å². The zero-order chi connectivity index (χ0) is 21.3. The van der Waals surface area contributed by atoms with Crippen molar-refractivity contribution in [3.63, 3.8) is 0 Å². The van der Waals surface area contributed by atoms with Gasteiger partial charge in [-0.15, -0.1) is 0 Å². The molecule has 2 N–H and O–H groups in total. The first-order valence-electron chi connectivity index (χ1n) is 8.82. The summed E-state index contributed by atoms with van der Waals surface area (Å²) < 4.78 is 13.5. The number of carbonyl (C=O) groups is 1.